The summed E-state index contributed by atoms with van der Waals surface area (Å²) >= 11 is 1.31. The van der Waals surface area contributed by atoms with E-state index >= 15 is 0 Å². The zero-order chi connectivity index (χ0) is 13.7. The Labute approximate surface area is 114 Å². The Morgan fingerprint density at radius 2 is 2.32 bits per heavy atom. The number of nitrogens with zero attached hydrogens (tertiary/aromatic N) is 3. The van der Waals surface area contributed by atoms with Crippen LogP contribution in [-0.4, -0.2) is 44.8 Å². The predicted octanol–water partition coefficient (Wildman–Crippen LogP) is 1.44. The second-order valence-electron chi connectivity index (χ2n) is 3.58. The summed E-state index contributed by atoms with van der Waals surface area (Å²) in [6.45, 7) is 4.84. The number of carbonyl (C=O) groups excluding carboxylic acids is 1. The van der Waals surface area contributed by atoms with E-state index in [9.17, 15) is 4.79 Å². The van der Waals surface area contributed by atoms with E-state index in [4.69, 9.17) is 4.74 Å². The third-order valence-electron chi connectivity index (χ3n) is 2.22. The standard InChI is InChI=1S/C11H15N5O2S/c1-3-12-11-15-9-8(13-6-14-9)10(16-11)19-5-7(17)18-4-2/h6H,3-5H2,1-2H3,(H2,12,13,14,15,16). The van der Waals surface area contributed by atoms with E-state index in [2.05, 4.69) is 25.3 Å². The highest BCUT2D eigenvalue weighted by Crippen LogP contribution is 2.24. The van der Waals surface area contributed by atoms with Gasteiger partial charge in [0.25, 0.3) is 0 Å². The molecular formula is C11H15N5O2S. The van der Waals surface area contributed by atoms with E-state index in [-0.39, 0.29) is 11.7 Å². The predicted molar refractivity (Wildman–Crippen MR) is 73.2 cm³/mol. The maximum atomic E-state index is 11.4. The lowest BCUT2D eigenvalue weighted by Gasteiger charge is -2.05. The van der Waals surface area contributed by atoms with E-state index in [1.165, 1.54) is 11.8 Å². The molecule has 0 spiro atoms. The molecule has 2 rings (SSSR count). The molecule has 0 fully saturated rings. The average Bonchev–Trinajstić information content (AvgIpc) is 2.85. The fourth-order valence-corrected chi connectivity index (χ4v) is 2.26. The Morgan fingerprint density at radius 1 is 1.47 bits per heavy atom. The van der Waals surface area contributed by atoms with Crippen molar-refractivity contribution < 1.29 is 9.53 Å². The third kappa shape index (κ3) is 3.34. The average molecular weight is 281 g/mol. The molecule has 7 nitrogen and oxygen atoms in total. The summed E-state index contributed by atoms with van der Waals surface area (Å²) in [5.74, 6) is 0.460. The van der Waals surface area contributed by atoms with Crippen LogP contribution in [0.4, 0.5) is 5.95 Å². The van der Waals surface area contributed by atoms with Crippen LogP contribution in [0.5, 0.6) is 0 Å². The van der Waals surface area contributed by atoms with Crippen LogP contribution in [0.3, 0.4) is 0 Å². The van der Waals surface area contributed by atoms with Crippen LogP contribution >= 0.6 is 11.8 Å². The largest absolute Gasteiger partial charge is 0.465 e. The number of esters is 1. The monoisotopic (exact) mass is 281 g/mol. The summed E-state index contributed by atoms with van der Waals surface area (Å²) in [5.41, 5.74) is 1.31. The molecule has 0 saturated carbocycles. The van der Waals surface area contributed by atoms with Gasteiger partial charge < -0.3 is 15.0 Å². The molecule has 0 saturated heterocycles. The third-order valence-corrected chi connectivity index (χ3v) is 3.17. The molecule has 0 aliphatic rings. The van der Waals surface area contributed by atoms with Crippen LogP contribution in [0.1, 0.15) is 13.8 Å². The Morgan fingerprint density at radius 3 is 3.05 bits per heavy atom. The molecule has 0 bridgehead atoms. The van der Waals surface area contributed by atoms with Gasteiger partial charge in [-0.1, -0.05) is 11.8 Å². The van der Waals surface area contributed by atoms with Crippen LogP contribution in [0.25, 0.3) is 11.2 Å². The summed E-state index contributed by atoms with van der Waals surface area (Å²) in [4.78, 5) is 27.1. The topological polar surface area (TPSA) is 92.8 Å². The summed E-state index contributed by atoms with van der Waals surface area (Å²) in [7, 11) is 0. The Bertz CT molecular complexity index is 571. The number of fused-ring (bicyclic) bond motifs is 1. The lowest BCUT2D eigenvalue weighted by Crippen LogP contribution is -2.08. The lowest BCUT2D eigenvalue weighted by molar-refractivity contribution is -0.139. The number of hydrogen-bond acceptors (Lipinski definition) is 7. The van der Waals surface area contributed by atoms with Crippen molar-refractivity contribution in [2.24, 2.45) is 0 Å². The van der Waals surface area contributed by atoms with Gasteiger partial charge >= 0.3 is 5.97 Å². The zero-order valence-corrected chi connectivity index (χ0v) is 11.6. The van der Waals surface area contributed by atoms with Crippen molar-refractivity contribution in [2.45, 2.75) is 18.9 Å². The van der Waals surface area contributed by atoms with E-state index in [1.54, 1.807) is 13.3 Å². The second-order valence-corrected chi connectivity index (χ2v) is 4.54. The highest BCUT2D eigenvalue weighted by molar-refractivity contribution is 8.00. The molecule has 0 radical (unpaired) electrons. The van der Waals surface area contributed by atoms with E-state index in [0.29, 0.717) is 23.2 Å². The number of aromatic amines is 1. The van der Waals surface area contributed by atoms with Gasteiger partial charge in [0.2, 0.25) is 5.95 Å². The smallest absolute Gasteiger partial charge is 0.316 e. The van der Waals surface area contributed by atoms with E-state index in [0.717, 1.165) is 12.1 Å². The first-order valence-electron chi connectivity index (χ1n) is 5.98. The van der Waals surface area contributed by atoms with Crippen LogP contribution in [-0.2, 0) is 9.53 Å². The Hall–Kier alpha value is -1.83. The first-order chi connectivity index (χ1) is 9.24. The van der Waals surface area contributed by atoms with E-state index < -0.39 is 0 Å². The molecule has 0 unspecified atom stereocenters. The number of H-pyrrole nitrogens is 1. The Kier molecular flexibility index (Phi) is 4.56. The fourth-order valence-electron chi connectivity index (χ4n) is 1.48. The van der Waals surface area contributed by atoms with Crippen LogP contribution in [0.15, 0.2) is 11.4 Å². The molecule has 19 heavy (non-hydrogen) atoms. The number of anilines is 1. The molecule has 2 aromatic heterocycles. The number of nitrogens with one attached hydrogen (secondary N) is 2. The normalized spacial score (nSPS) is 10.6. The van der Waals surface area contributed by atoms with Crippen LogP contribution < -0.4 is 5.32 Å². The molecule has 2 aromatic rings. The molecule has 0 atom stereocenters. The van der Waals surface area contributed by atoms with Gasteiger partial charge in [0.15, 0.2) is 5.65 Å². The van der Waals surface area contributed by atoms with Crippen molar-refractivity contribution in [2.75, 3.05) is 24.2 Å². The van der Waals surface area contributed by atoms with Gasteiger partial charge in [-0.25, -0.2) is 9.97 Å². The van der Waals surface area contributed by atoms with Gasteiger partial charge in [-0.3, -0.25) is 4.79 Å². The summed E-state index contributed by atoms with van der Waals surface area (Å²) < 4.78 is 4.89. The number of aromatic nitrogens is 4. The highest BCUT2D eigenvalue weighted by atomic mass is 32.2. The van der Waals surface area contributed by atoms with Gasteiger partial charge in [0, 0.05) is 6.54 Å². The number of rotatable bonds is 6. The highest BCUT2D eigenvalue weighted by Gasteiger charge is 2.12. The van der Waals surface area contributed by atoms with Crippen molar-refractivity contribution in [1.29, 1.82) is 0 Å². The molecule has 2 N–H and O–H groups in total. The molecule has 0 aliphatic heterocycles. The van der Waals surface area contributed by atoms with Crippen molar-refractivity contribution in [3.63, 3.8) is 0 Å². The molecule has 0 amide bonds. The number of imidazole rings is 1. The molecule has 8 heteroatoms. The number of carbonyl (C=O) groups is 1. The van der Waals surface area contributed by atoms with Crippen molar-refractivity contribution in [3.8, 4) is 0 Å². The van der Waals surface area contributed by atoms with Crippen molar-refractivity contribution in [3.05, 3.63) is 6.33 Å². The molecule has 0 aromatic carbocycles. The van der Waals surface area contributed by atoms with Gasteiger partial charge in [-0.2, -0.15) is 4.98 Å². The van der Waals surface area contributed by atoms with Gasteiger partial charge in [-0.05, 0) is 13.8 Å². The van der Waals surface area contributed by atoms with Crippen LogP contribution in [0.2, 0.25) is 0 Å². The zero-order valence-electron chi connectivity index (χ0n) is 10.8. The van der Waals surface area contributed by atoms with E-state index in [1.807, 2.05) is 6.92 Å². The second kappa shape index (κ2) is 6.37. The number of hydrogen-bond donors (Lipinski definition) is 2. The minimum absolute atomic E-state index is 0.213. The molecule has 0 aliphatic carbocycles. The molecule has 102 valence electrons. The number of ether oxygens (including phenoxy) is 1. The van der Waals surface area contributed by atoms with Crippen LogP contribution in [0, 0.1) is 0 Å². The van der Waals surface area contributed by atoms with Crippen molar-refractivity contribution in [1.82, 2.24) is 19.9 Å². The minimum Gasteiger partial charge on any atom is -0.465 e. The minimum atomic E-state index is -0.260. The summed E-state index contributed by atoms with van der Waals surface area (Å²) in [6, 6.07) is 0. The summed E-state index contributed by atoms with van der Waals surface area (Å²) in [6.07, 6.45) is 1.56. The SMILES string of the molecule is CCNc1nc(SCC(=O)OCC)c2[nH]cnc2n1. The van der Waals surface area contributed by atoms with Gasteiger partial charge in [0.1, 0.15) is 10.5 Å². The summed E-state index contributed by atoms with van der Waals surface area (Å²) in [5, 5.41) is 3.72. The number of thioether (sulfide) groups is 1. The van der Waals surface area contributed by atoms with Gasteiger partial charge in [0.05, 0.1) is 18.7 Å². The quantitative estimate of drug-likeness (QED) is 0.470. The first kappa shape index (κ1) is 13.6. The Balaban J connectivity index is 2.19. The maximum Gasteiger partial charge on any atom is 0.316 e. The van der Waals surface area contributed by atoms with Gasteiger partial charge in [-0.15, -0.1) is 0 Å². The lowest BCUT2D eigenvalue weighted by atomic mass is 10.5. The first-order valence-corrected chi connectivity index (χ1v) is 6.96. The maximum absolute atomic E-state index is 11.4. The molecular weight excluding hydrogens is 266 g/mol. The molecule has 2 heterocycles. The van der Waals surface area contributed by atoms with Crippen molar-refractivity contribution >= 4 is 34.8 Å². The fraction of sp³-hybridized carbons (Fsp3) is 0.455.